The first-order valence-corrected chi connectivity index (χ1v) is 7.31. The van der Waals surface area contributed by atoms with Crippen molar-refractivity contribution in [2.75, 3.05) is 13.6 Å². The van der Waals surface area contributed by atoms with Crippen LogP contribution in [0.2, 0.25) is 0 Å². The first-order valence-electron chi connectivity index (χ1n) is 7.31. The molecule has 106 valence electrons. The molecule has 2 unspecified atom stereocenters. The molecule has 0 bridgehead atoms. The first-order chi connectivity index (χ1) is 9.76. The second-order valence-corrected chi connectivity index (χ2v) is 5.24. The Morgan fingerprint density at radius 2 is 1.55 bits per heavy atom. The van der Waals surface area contributed by atoms with Crippen molar-refractivity contribution in [2.24, 2.45) is 11.7 Å². The summed E-state index contributed by atoms with van der Waals surface area (Å²) < 4.78 is 0. The molecular weight excluding hydrogens is 244 g/mol. The van der Waals surface area contributed by atoms with Gasteiger partial charge < -0.3 is 11.1 Å². The van der Waals surface area contributed by atoms with E-state index in [9.17, 15) is 0 Å². The van der Waals surface area contributed by atoms with E-state index in [1.807, 2.05) is 13.1 Å². The van der Waals surface area contributed by atoms with Crippen molar-refractivity contribution < 1.29 is 0 Å². The third-order valence-corrected chi connectivity index (χ3v) is 3.90. The van der Waals surface area contributed by atoms with Gasteiger partial charge in [-0.05, 0) is 36.2 Å². The van der Waals surface area contributed by atoms with E-state index < -0.39 is 0 Å². The Balaban J connectivity index is 2.15. The molecule has 0 heterocycles. The molecule has 0 fully saturated rings. The van der Waals surface area contributed by atoms with Crippen LogP contribution in [0, 0.1) is 5.92 Å². The summed E-state index contributed by atoms with van der Waals surface area (Å²) in [6, 6.07) is 19.2. The Bertz CT molecular complexity index is 505. The van der Waals surface area contributed by atoms with Crippen LogP contribution in [0.3, 0.4) is 0 Å². The molecule has 2 aromatic rings. The van der Waals surface area contributed by atoms with E-state index in [4.69, 9.17) is 5.73 Å². The average Bonchev–Trinajstić information content (AvgIpc) is 2.53. The number of rotatable bonds is 6. The van der Waals surface area contributed by atoms with E-state index in [2.05, 4.69) is 60.8 Å². The van der Waals surface area contributed by atoms with Crippen LogP contribution < -0.4 is 11.1 Å². The summed E-state index contributed by atoms with van der Waals surface area (Å²) in [4.78, 5) is 0. The number of nitrogens with two attached hydrogens (primary N) is 1. The maximum Gasteiger partial charge on any atom is 0.0335 e. The quantitative estimate of drug-likeness (QED) is 0.840. The molecule has 2 atom stereocenters. The lowest BCUT2D eigenvalue weighted by Gasteiger charge is -2.23. The molecule has 0 radical (unpaired) electrons. The summed E-state index contributed by atoms with van der Waals surface area (Å²) >= 11 is 0. The molecule has 0 aromatic heterocycles. The Hall–Kier alpha value is -1.64. The Kier molecular flexibility index (Phi) is 5.33. The second kappa shape index (κ2) is 7.22. The van der Waals surface area contributed by atoms with Crippen LogP contribution in [0.5, 0.6) is 0 Å². The molecule has 0 aliphatic rings. The topological polar surface area (TPSA) is 38.0 Å². The average molecular weight is 268 g/mol. The van der Waals surface area contributed by atoms with Crippen LogP contribution >= 0.6 is 0 Å². The Morgan fingerprint density at radius 3 is 2.10 bits per heavy atom. The predicted octanol–water partition coefficient (Wildman–Crippen LogP) is 3.60. The standard InChI is InChI=1S/C18H24N2/c1-3-14(13-20-2)18(19)17-11-9-16(10-12-17)15-7-5-4-6-8-15/h4-12,14,18,20H,3,13,19H2,1-2H3. The molecule has 20 heavy (non-hydrogen) atoms. The van der Waals surface area contributed by atoms with Crippen molar-refractivity contribution in [2.45, 2.75) is 19.4 Å². The highest BCUT2D eigenvalue weighted by atomic mass is 14.8. The van der Waals surface area contributed by atoms with Crippen molar-refractivity contribution in [1.82, 2.24) is 5.32 Å². The highest BCUT2D eigenvalue weighted by molar-refractivity contribution is 5.63. The van der Waals surface area contributed by atoms with Gasteiger partial charge in [0.25, 0.3) is 0 Å². The summed E-state index contributed by atoms with van der Waals surface area (Å²) in [5.74, 6) is 0.475. The zero-order chi connectivity index (χ0) is 14.4. The van der Waals surface area contributed by atoms with E-state index in [-0.39, 0.29) is 6.04 Å². The molecule has 0 aliphatic heterocycles. The molecule has 0 amide bonds. The van der Waals surface area contributed by atoms with Gasteiger partial charge in [0.15, 0.2) is 0 Å². The molecule has 2 nitrogen and oxygen atoms in total. The third kappa shape index (κ3) is 3.47. The largest absolute Gasteiger partial charge is 0.324 e. The molecule has 2 rings (SSSR count). The number of hydrogen-bond acceptors (Lipinski definition) is 2. The normalized spacial score (nSPS) is 13.9. The highest BCUT2D eigenvalue weighted by Gasteiger charge is 2.16. The third-order valence-electron chi connectivity index (χ3n) is 3.90. The summed E-state index contributed by atoms with van der Waals surface area (Å²) in [5.41, 5.74) is 10.1. The predicted molar refractivity (Wildman–Crippen MR) is 86.5 cm³/mol. The number of nitrogens with one attached hydrogen (secondary N) is 1. The maximum atomic E-state index is 6.38. The van der Waals surface area contributed by atoms with E-state index in [0.717, 1.165) is 13.0 Å². The van der Waals surface area contributed by atoms with Crippen molar-refractivity contribution in [3.63, 3.8) is 0 Å². The molecule has 0 saturated heterocycles. The van der Waals surface area contributed by atoms with Crippen molar-refractivity contribution in [3.8, 4) is 11.1 Å². The van der Waals surface area contributed by atoms with Gasteiger partial charge in [-0.25, -0.2) is 0 Å². The van der Waals surface area contributed by atoms with E-state index >= 15 is 0 Å². The molecular formula is C18H24N2. The fourth-order valence-electron chi connectivity index (χ4n) is 2.59. The molecule has 0 spiro atoms. The Morgan fingerprint density at radius 1 is 0.950 bits per heavy atom. The minimum Gasteiger partial charge on any atom is -0.324 e. The molecule has 0 saturated carbocycles. The molecule has 2 heteroatoms. The SMILES string of the molecule is CCC(CNC)C(N)c1ccc(-c2ccccc2)cc1. The van der Waals surface area contributed by atoms with Gasteiger partial charge in [-0.1, -0.05) is 67.9 Å². The van der Waals surface area contributed by atoms with Gasteiger partial charge in [0.2, 0.25) is 0 Å². The zero-order valence-electron chi connectivity index (χ0n) is 12.3. The van der Waals surface area contributed by atoms with Gasteiger partial charge >= 0.3 is 0 Å². The smallest absolute Gasteiger partial charge is 0.0335 e. The van der Waals surface area contributed by atoms with Gasteiger partial charge in [0.1, 0.15) is 0 Å². The van der Waals surface area contributed by atoms with Gasteiger partial charge in [0, 0.05) is 6.04 Å². The van der Waals surface area contributed by atoms with Crippen LogP contribution in [0.4, 0.5) is 0 Å². The fraction of sp³-hybridized carbons (Fsp3) is 0.333. The minimum absolute atomic E-state index is 0.0947. The van der Waals surface area contributed by atoms with Crippen molar-refractivity contribution in [3.05, 3.63) is 60.2 Å². The van der Waals surface area contributed by atoms with Gasteiger partial charge in [-0.15, -0.1) is 0 Å². The monoisotopic (exact) mass is 268 g/mol. The maximum absolute atomic E-state index is 6.38. The Labute approximate surface area is 122 Å². The van der Waals surface area contributed by atoms with Crippen molar-refractivity contribution in [1.29, 1.82) is 0 Å². The molecule has 3 N–H and O–H groups in total. The summed E-state index contributed by atoms with van der Waals surface area (Å²) in [6.45, 7) is 3.15. The number of hydrogen-bond donors (Lipinski definition) is 2. The minimum atomic E-state index is 0.0947. The molecule has 2 aromatic carbocycles. The van der Waals surface area contributed by atoms with E-state index in [0.29, 0.717) is 5.92 Å². The summed E-state index contributed by atoms with van der Waals surface area (Å²) in [6.07, 6.45) is 1.09. The van der Waals surface area contributed by atoms with Crippen LogP contribution in [0.25, 0.3) is 11.1 Å². The van der Waals surface area contributed by atoms with Crippen LogP contribution in [0.1, 0.15) is 24.9 Å². The van der Waals surface area contributed by atoms with E-state index in [1.165, 1.54) is 16.7 Å². The van der Waals surface area contributed by atoms with Crippen LogP contribution in [0.15, 0.2) is 54.6 Å². The lowest BCUT2D eigenvalue weighted by atomic mass is 9.90. The van der Waals surface area contributed by atoms with Crippen LogP contribution in [-0.4, -0.2) is 13.6 Å². The highest BCUT2D eigenvalue weighted by Crippen LogP contribution is 2.25. The van der Waals surface area contributed by atoms with E-state index in [1.54, 1.807) is 0 Å². The van der Waals surface area contributed by atoms with Gasteiger partial charge in [-0.2, -0.15) is 0 Å². The number of benzene rings is 2. The second-order valence-electron chi connectivity index (χ2n) is 5.24. The van der Waals surface area contributed by atoms with Gasteiger partial charge in [0.05, 0.1) is 0 Å². The summed E-state index contributed by atoms with van der Waals surface area (Å²) in [5, 5.41) is 3.23. The molecule has 0 aliphatic carbocycles. The van der Waals surface area contributed by atoms with Crippen LogP contribution in [-0.2, 0) is 0 Å². The van der Waals surface area contributed by atoms with Gasteiger partial charge in [-0.3, -0.25) is 0 Å². The lowest BCUT2D eigenvalue weighted by Crippen LogP contribution is -2.29. The zero-order valence-corrected chi connectivity index (χ0v) is 12.3. The fourth-order valence-corrected chi connectivity index (χ4v) is 2.59. The van der Waals surface area contributed by atoms with Crippen molar-refractivity contribution >= 4 is 0 Å². The lowest BCUT2D eigenvalue weighted by molar-refractivity contribution is 0.403. The first kappa shape index (κ1) is 14.8. The summed E-state index contributed by atoms with van der Waals surface area (Å²) in [7, 11) is 1.98.